The summed E-state index contributed by atoms with van der Waals surface area (Å²) < 4.78 is 6.09. The Morgan fingerprint density at radius 3 is 2.39 bits per heavy atom. The summed E-state index contributed by atoms with van der Waals surface area (Å²) in [5, 5.41) is 13.6. The quantitative estimate of drug-likeness (QED) is 0.285. The molecule has 38 heavy (non-hydrogen) atoms. The summed E-state index contributed by atoms with van der Waals surface area (Å²) in [7, 11) is 1.64. The summed E-state index contributed by atoms with van der Waals surface area (Å²) in [6, 6.07) is 19.7. The number of piperidine rings is 1. The van der Waals surface area contributed by atoms with Crippen molar-refractivity contribution in [1.82, 2.24) is 4.90 Å². The van der Waals surface area contributed by atoms with Crippen LogP contribution in [-0.4, -0.2) is 48.0 Å². The number of carboxylic acids is 1. The van der Waals surface area contributed by atoms with Crippen LogP contribution in [0.4, 0.5) is 5.69 Å². The number of hydrogen-bond acceptors (Lipinski definition) is 5. The Morgan fingerprint density at radius 1 is 1.03 bits per heavy atom. The highest BCUT2D eigenvalue weighted by atomic mass is 35.5. The number of ether oxygens (including phenoxy) is 1. The van der Waals surface area contributed by atoms with E-state index in [0.717, 1.165) is 28.7 Å². The Morgan fingerprint density at radius 2 is 1.74 bits per heavy atom. The molecule has 1 aromatic heterocycles. The van der Waals surface area contributed by atoms with E-state index < -0.39 is 11.9 Å². The predicted octanol–water partition coefficient (Wildman–Crippen LogP) is 6.53. The maximum atomic E-state index is 13.2. The van der Waals surface area contributed by atoms with Crippen molar-refractivity contribution in [1.29, 1.82) is 0 Å². The van der Waals surface area contributed by atoms with Crippen molar-refractivity contribution < 1.29 is 24.2 Å². The molecule has 5 rings (SSSR count). The lowest BCUT2D eigenvalue weighted by Gasteiger charge is -2.32. The minimum Gasteiger partial charge on any atom is -0.497 e. The van der Waals surface area contributed by atoms with Crippen molar-refractivity contribution in [3.05, 3.63) is 93.3 Å². The molecule has 0 spiro atoms. The van der Waals surface area contributed by atoms with Crippen LogP contribution in [0.15, 0.2) is 66.7 Å². The van der Waals surface area contributed by atoms with Crippen molar-refractivity contribution in [2.24, 2.45) is 0 Å². The third-order valence-electron chi connectivity index (χ3n) is 6.86. The van der Waals surface area contributed by atoms with Gasteiger partial charge in [-0.3, -0.25) is 9.59 Å². The highest BCUT2D eigenvalue weighted by molar-refractivity contribution is 7.21. The Kier molecular flexibility index (Phi) is 7.35. The molecule has 0 saturated carbocycles. The second-order valence-corrected chi connectivity index (χ2v) is 10.5. The maximum Gasteiger partial charge on any atom is 0.337 e. The van der Waals surface area contributed by atoms with E-state index in [2.05, 4.69) is 17.4 Å². The van der Waals surface area contributed by atoms with Crippen LogP contribution in [0.3, 0.4) is 0 Å². The van der Waals surface area contributed by atoms with Gasteiger partial charge in [-0.05, 0) is 60.7 Å². The van der Waals surface area contributed by atoms with Gasteiger partial charge in [-0.1, -0.05) is 41.9 Å². The van der Waals surface area contributed by atoms with Crippen LogP contribution in [0.1, 0.15) is 54.7 Å². The zero-order chi connectivity index (χ0) is 26.8. The number of likely N-dealkylation sites (tertiary alicyclic amines) is 1. The zero-order valence-electron chi connectivity index (χ0n) is 20.6. The molecule has 1 aliphatic heterocycles. The Labute approximate surface area is 228 Å². The van der Waals surface area contributed by atoms with Crippen LogP contribution >= 0.6 is 22.9 Å². The Bertz CT molecular complexity index is 1520. The molecule has 1 saturated heterocycles. The molecule has 7 nitrogen and oxygen atoms in total. The van der Waals surface area contributed by atoms with Gasteiger partial charge in [0.2, 0.25) is 0 Å². The summed E-state index contributed by atoms with van der Waals surface area (Å²) in [4.78, 5) is 40.3. The molecule has 1 aliphatic rings. The number of carboxylic acid groups (broad SMARTS) is 1. The fourth-order valence-corrected chi connectivity index (χ4v) is 6.19. The van der Waals surface area contributed by atoms with Crippen molar-refractivity contribution >= 4 is 56.5 Å². The largest absolute Gasteiger partial charge is 0.497 e. The van der Waals surface area contributed by atoms with E-state index in [-0.39, 0.29) is 22.7 Å². The number of carbonyl (C=O) groups is 3. The van der Waals surface area contributed by atoms with Crippen molar-refractivity contribution in [3.8, 4) is 5.75 Å². The average Bonchev–Trinajstić information content (AvgIpc) is 3.29. The minimum absolute atomic E-state index is 0.103. The van der Waals surface area contributed by atoms with Crippen LogP contribution < -0.4 is 10.1 Å². The first-order valence-electron chi connectivity index (χ1n) is 12.1. The van der Waals surface area contributed by atoms with Gasteiger partial charge in [0.15, 0.2) is 0 Å². The Balaban J connectivity index is 1.29. The fourth-order valence-electron chi connectivity index (χ4n) is 4.78. The minimum atomic E-state index is -1.24. The van der Waals surface area contributed by atoms with Crippen molar-refractivity contribution in [2.75, 3.05) is 25.5 Å². The molecule has 194 valence electrons. The van der Waals surface area contributed by atoms with Crippen molar-refractivity contribution in [3.63, 3.8) is 0 Å². The smallest absolute Gasteiger partial charge is 0.337 e. The predicted molar refractivity (Wildman–Crippen MR) is 149 cm³/mol. The van der Waals surface area contributed by atoms with Gasteiger partial charge in [-0.25, -0.2) is 4.79 Å². The first-order chi connectivity index (χ1) is 18.4. The molecule has 0 aliphatic carbocycles. The standard InChI is InChI=1S/C29H25ClN2O5S/c1-37-20-9-6-17(7-10-20)18-12-14-32(15-13-18)28(34)19-8-11-23(22(16-19)29(35)36)31-27(33)26-25(30)21-4-2-3-5-24(21)38-26/h2-11,16,18H,12-15H2,1H3,(H,31,33)(H,35,36). The number of fused-ring (bicyclic) bond motifs is 1. The number of nitrogens with zero attached hydrogens (tertiary/aromatic N) is 1. The lowest BCUT2D eigenvalue weighted by atomic mass is 9.89. The second-order valence-electron chi connectivity index (χ2n) is 9.10. The Hall–Kier alpha value is -3.88. The van der Waals surface area contributed by atoms with Crippen LogP contribution in [0.2, 0.25) is 5.02 Å². The van der Waals surface area contributed by atoms with Gasteiger partial charge in [-0.2, -0.15) is 0 Å². The number of thiophene rings is 1. The van der Waals surface area contributed by atoms with E-state index in [1.54, 1.807) is 18.1 Å². The molecule has 3 aromatic carbocycles. The summed E-state index contributed by atoms with van der Waals surface area (Å²) in [5.74, 6) is -0.819. The molecule has 0 bridgehead atoms. The second kappa shape index (κ2) is 10.8. The first-order valence-corrected chi connectivity index (χ1v) is 13.3. The number of anilines is 1. The van der Waals surface area contributed by atoms with Crippen LogP contribution in [-0.2, 0) is 0 Å². The number of carbonyl (C=O) groups excluding carboxylic acids is 2. The summed E-state index contributed by atoms with van der Waals surface area (Å²) in [5.41, 5.74) is 1.42. The molecule has 0 unspecified atom stereocenters. The van der Waals surface area contributed by atoms with Gasteiger partial charge >= 0.3 is 5.97 Å². The SMILES string of the molecule is COc1ccc(C2CCN(C(=O)c3ccc(NC(=O)c4sc5ccccc5c4Cl)c(C(=O)O)c3)CC2)cc1. The lowest BCUT2D eigenvalue weighted by Crippen LogP contribution is -2.38. The number of amides is 2. The molecule has 1 fully saturated rings. The molecular formula is C29H25ClN2O5S. The first kappa shape index (κ1) is 25.8. The molecule has 9 heteroatoms. The third kappa shape index (κ3) is 5.10. The maximum absolute atomic E-state index is 13.2. The van der Waals surface area contributed by atoms with Gasteiger partial charge in [0, 0.05) is 28.7 Å². The van der Waals surface area contributed by atoms with E-state index in [1.165, 1.54) is 29.0 Å². The monoisotopic (exact) mass is 548 g/mol. The van der Waals surface area contributed by atoms with E-state index in [0.29, 0.717) is 28.9 Å². The van der Waals surface area contributed by atoms with E-state index >= 15 is 0 Å². The van der Waals surface area contributed by atoms with Crippen LogP contribution in [0.5, 0.6) is 5.75 Å². The molecule has 0 atom stereocenters. The van der Waals surface area contributed by atoms with E-state index in [4.69, 9.17) is 16.3 Å². The number of benzene rings is 3. The highest BCUT2D eigenvalue weighted by Gasteiger charge is 2.26. The average molecular weight is 549 g/mol. The van der Waals surface area contributed by atoms with Gasteiger partial charge in [-0.15, -0.1) is 11.3 Å². The molecule has 2 heterocycles. The molecule has 0 radical (unpaired) electrons. The highest BCUT2D eigenvalue weighted by Crippen LogP contribution is 2.36. The topological polar surface area (TPSA) is 95.9 Å². The molecule has 2 N–H and O–H groups in total. The van der Waals surface area contributed by atoms with Gasteiger partial charge in [0.05, 0.1) is 23.4 Å². The van der Waals surface area contributed by atoms with Crippen LogP contribution in [0, 0.1) is 0 Å². The van der Waals surface area contributed by atoms with E-state index in [1.807, 2.05) is 36.4 Å². The summed E-state index contributed by atoms with van der Waals surface area (Å²) in [6.07, 6.45) is 1.63. The van der Waals surface area contributed by atoms with E-state index in [9.17, 15) is 19.5 Å². The van der Waals surface area contributed by atoms with Gasteiger partial charge < -0.3 is 20.1 Å². The molecule has 2 amide bonds. The normalized spacial score (nSPS) is 13.9. The third-order valence-corrected chi connectivity index (χ3v) is 8.53. The molecular weight excluding hydrogens is 524 g/mol. The van der Waals surface area contributed by atoms with Crippen LogP contribution in [0.25, 0.3) is 10.1 Å². The number of aromatic carboxylic acids is 1. The molecule has 4 aromatic rings. The number of methoxy groups -OCH3 is 1. The number of rotatable bonds is 6. The van der Waals surface area contributed by atoms with Gasteiger partial charge in [0.25, 0.3) is 11.8 Å². The lowest BCUT2D eigenvalue weighted by molar-refractivity contribution is 0.0698. The fraction of sp³-hybridized carbons (Fsp3) is 0.207. The number of halogens is 1. The summed E-state index contributed by atoms with van der Waals surface area (Å²) >= 11 is 7.65. The number of nitrogens with one attached hydrogen (secondary N) is 1. The van der Waals surface area contributed by atoms with Gasteiger partial charge in [0.1, 0.15) is 10.6 Å². The van der Waals surface area contributed by atoms with Crippen molar-refractivity contribution in [2.45, 2.75) is 18.8 Å². The zero-order valence-corrected chi connectivity index (χ0v) is 22.1. The number of hydrogen-bond donors (Lipinski definition) is 2. The summed E-state index contributed by atoms with van der Waals surface area (Å²) in [6.45, 7) is 1.14.